The van der Waals surface area contributed by atoms with E-state index in [1.807, 2.05) is 5.51 Å². The molecule has 2 aromatic rings. The Labute approximate surface area is 105 Å². The van der Waals surface area contributed by atoms with E-state index in [0.29, 0.717) is 0 Å². The molecule has 0 radical (unpaired) electrons. The summed E-state index contributed by atoms with van der Waals surface area (Å²) in [6.07, 6.45) is 8.18. The molecule has 2 saturated carbocycles. The highest BCUT2D eigenvalue weighted by molar-refractivity contribution is 7.16. The van der Waals surface area contributed by atoms with Crippen molar-refractivity contribution in [2.45, 2.75) is 25.7 Å². The molecule has 0 N–H and O–H groups in total. The first-order valence-corrected chi connectivity index (χ1v) is 7.33. The van der Waals surface area contributed by atoms with Gasteiger partial charge in [0.15, 0.2) is 0 Å². The van der Waals surface area contributed by atoms with Gasteiger partial charge >= 0.3 is 0 Å². The monoisotopic (exact) mass is 241 g/mol. The fraction of sp³-hybridized carbons (Fsp3) is 0.400. The standard InChI is InChI=1S/C15H15NS/c1-2-11-8-12(3-1)13(11)6-10-4-5-14-15(7-10)17-9-16-14/h4-7,9,11-12H,1-3,8H2. The molecule has 86 valence electrons. The summed E-state index contributed by atoms with van der Waals surface area (Å²) >= 11 is 1.74. The average Bonchev–Trinajstić information content (AvgIpc) is 2.84. The largest absolute Gasteiger partial charge is 0.245 e. The first kappa shape index (κ1) is 9.84. The minimum atomic E-state index is 0.908. The van der Waals surface area contributed by atoms with Crippen molar-refractivity contribution in [1.82, 2.24) is 4.98 Å². The van der Waals surface area contributed by atoms with E-state index in [-0.39, 0.29) is 0 Å². The molecule has 1 aromatic heterocycles. The summed E-state index contributed by atoms with van der Waals surface area (Å²) in [5.41, 5.74) is 6.15. The molecule has 2 aliphatic carbocycles. The Morgan fingerprint density at radius 1 is 1.24 bits per heavy atom. The Hall–Kier alpha value is -1.15. The van der Waals surface area contributed by atoms with Crippen molar-refractivity contribution in [3.8, 4) is 0 Å². The molecule has 17 heavy (non-hydrogen) atoms. The van der Waals surface area contributed by atoms with Crippen LogP contribution in [-0.4, -0.2) is 4.98 Å². The van der Waals surface area contributed by atoms with Crippen LogP contribution in [0.4, 0.5) is 0 Å². The molecule has 2 bridgehead atoms. The Morgan fingerprint density at radius 2 is 2.12 bits per heavy atom. The quantitative estimate of drug-likeness (QED) is 0.716. The predicted molar refractivity (Wildman–Crippen MR) is 73.0 cm³/mol. The highest BCUT2D eigenvalue weighted by atomic mass is 32.1. The third kappa shape index (κ3) is 1.54. The molecular weight excluding hydrogens is 226 g/mol. The summed E-state index contributed by atoms with van der Waals surface area (Å²) in [7, 11) is 0. The minimum absolute atomic E-state index is 0.908. The molecule has 0 saturated heterocycles. The van der Waals surface area contributed by atoms with Crippen molar-refractivity contribution in [3.05, 3.63) is 34.8 Å². The Kier molecular flexibility index (Phi) is 2.13. The van der Waals surface area contributed by atoms with Gasteiger partial charge in [0.1, 0.15) is 0 Å². The fourth-order valence-electron chi connectivity index (χ4n) is 3.36. The summed E-state index contributed by atoms with van der Waals surface area (Å²) < 4.78 is 1.31. The number of hydrogen-bond donors (Lipinski definition) is 0. The molecule has 2 aliphatic rings. The first-order valence-electron chi connectivity index (χ1n) is 6.45. The summed E-state index contributed by atoms with van der Waals surface area (Å²) in [6, 6.07) is 6.64. The molecule has 1 aromatic carbocycles. The smallest absolute Gasteiger partial charge is 0.0812 e. The van der Waals surface area contributed by atoms with Gasteiger partial charge in [-0.25, -0.2) is 4.98 Å². The number of allylic oxidation sites excluding steroid dienone is 1. The van der Waals surface area contributed by atoms with Gasteiger partial charge in [-0.2, -0.15) is 0 Å². The minimum Gasteiger partial charge on any atom is -0.245 e. The lowest BCUT2D eigenvalue weighted by Gasteiger charge is -2.44. The second-order valence-corrected chi connectivity index (χ2v) is 6.17. The normalized spacial score (nSPS) is 26.9. The van der Waals surface area contributed by atoms with E-state index in [1.165, 1.54) is 35.9 Å². The van der Waals surface area contributed by atoms with E-state index in [9.17, 15) is 0 Å². The number of rotatable bonds is 1. The van der Waals surface area contributed by atoms with Crippen molar-refractivity contribution in [2.75, 3.05) is 0 Å². The second kappa shape index (κ2) is 3.67. The zero-order chi connectivity index (χ0) is 11.2. The third-order valence-electron chi connectivity index (χ3n) is 4.31. The SMILES string of the molecule is C(=C1C2CCCC1C2)c1ccc2ncsc2c1. The van der Waals surface area contributed by atoms with Crippen LogP contribution in [0.2, 0.25) is 0 Å². The molecule has 0 aliphatic heterocycles. The van der Waals surface area contributed by atoms with Crippen LogP contribution in [0.1, 0.15) is 31.2 Å². The van der Waals surface area contributed by atoms with Gasteiger partial charge in [-0.3, -0.25) is 0 Å². The van der Waals surface area contributed by atoms with Crippen molar-refractivity contribution in [3.63, 3.8) is 0 Å². The molecule has 0 amide bonds. The maximum Gasteiger partial charge on any atom is 0.0812 e. The van der Waals surface area contributed by atoms with E-state index in [0.717, 1.165) is 17.4 Å². The van der Waals surface area contributed by atoms with Crippen molar-refractivity contribution in [2.24, 2.45) is 11.8 Å². The number of aromatic nitrogens is 1. The highest BCUT2D eigenvalue weighted by Crippen LogP contribution is 2.50. The highest BCUT2D eigenvalue weighted by Gasteiger charge is 2.37. The van der Waals surface area contributed by atoms with E-state index in [2.05, 4.69) is 29.3 Å². The topological polar surface area (TPSA) is 12.9 Å². The van der Waals surface area contributed by atoms with Crippen LogP contribution in [0.3, 0.4) is 0 Å². The van der Waals surface area contributed by atoms with Gasteiger partial charge in [-0.05, 0) is 48.8 Å². The van der Waals surface area contributed by atoms with Crippen LogP contribution in [0.15, 0.2) is 29.3 Å². The number of hydrogen-bond acceptors (Lipinski definition) is 2. The number of nitrogens with zero attached hydrogens (tertiary/aromatic N) is 1. The van der Waals surface area contributed by atoms with Gasteiger partial charge in [0.05, 0.1) is 15.7 Å². The second-order valence-electron chi connectivity index (χ2n) is 5.28. The van der Waals surface area contributed by atoms with E-state index in [1.54, 1.807) is 16.9 Å². The average molecular weight is 241 g/mol. The van der Waals surface area contributed by atoms with Crippen LogP contribution >= 0.6 is 11.3 Å². The number of fused-ring (bicyclic) bond motifs is 3. The molecule has 1 nitrogen and oxygen atoms in total. The lowest BCUT2D eigenvalue weighted by molar-refractivity contribution is 0.218. The van der Waals surface area contributed by atoms with E-state index in [4.69, 9.17) is 0 Å². The van der Waals surface area contributed by atoms with Crippen molar-refractivity contribution >= 4 is 27.6 Å². The van der Waals surface area contributed by atoms with Crippen LogP contribution < -0.4 is 0 Å². The fourth-order valence-corrected chi connectivity index (χ4v) is 4.08. The maximum atomic E-state index is 4.33. The van der Waals surface area contributed by atoms with E-state index < -0.39 is 0 Å². The summed E-state index contributed by atoms with van der Waals surface area (Å²) in [6.45, 7) is 0. The van der Waals surface area contributed by atoms with Crippen LogP contribution in [0, 0.1) is 11.8 Å². The first-order chi connectivity index (χ1) is 8.40. The molecular formula is C15H15NS. The van der Waals surface area contributed by atoms with Gasteiger partial charge < -0.3 is 0 Å². The zero-order valence-electron chi connectivity index (χ0n) is 9.73. The third-order valence-corrected chi connectivity index (χ3v) is 5.10. The van der Waals surface area contributed by atoms with Crippen LogP contribution in [-0.2, 0) is 0 Å². The van der Waals surface area contributed by atoms with Gasteiger partial charge in [-0.15, -0.1) is 11.3 Å². The van der Waals surface area contributed by atoms with Gasteiger partial charge in [0.2, 0.25) is 0 Å². The Bertz CT molecular complexity index is 580. The molecule has 2 fully saturated rings. The van der Waals surface area contributed by atoms with E-state index >= 15 is 0 Å². The molecule has 2 heteroatoms. The lowest BCUT2D eigenvalue weighted by Crippen LogP contribution is -2.32. The summed E-state index contributed by atoms with van der Waals surface area (Å²) in [5.74, 6) is 1.82. The zero-order valence-corrected chi connectivity index (χ0v) is 10.5. The van der Waals surface area contributed by atoms with Gasteiger partial charge in [-0.1, -0.05) is 24.1 Å². The van der Waals surface area contributed by atoms with Crippen LogP contribution in [0.25, 0.3) is 16.3 Å². The lowest BCUT2D eigenvalue weighted by atomic mass is 9.61. The molecule has 4 rings (SSSR count). The van der Waals surface area contributed by atoms with Crippen molar-refractivity contribution < 1.29 is 0 Å². The molecule has 2 atom stereocenters. The van der Waals surface area contributed by atoms with Crippen LogP contribution in [0.5, 0.6) is 0 Å². The molecule has 2 unspecified atom stereocenters. The number of thiazole rings is 1. The Balaban J connectivity index is 1.72. The molecule has 0 spiro atoms. The number of benzene rings is 1. The van der Waals surface area contributed by atoms with Crippen molar-refractivity contribution in [1.29, 1.82) is 0 Å². The maximum absolute atomic E-state index is 4.33. The van der Waals surface area contributed by atoms with Gasteiger partial charge in [0.25, 0.3) is 0 Å². The molecule has 1 heterocycles. The Morgan fingerprint density at radius 3 is 2.94 bits per heavy atom. The summed E-state index contributed by atoms with van der Waals surface area (Å²) in [5, 5.41) is 0. The van der Waals surface area contributed by atoms with Gasteiger partial charge in [0, 0.05) is 0 Å². The summed E-state index contributed by atoms with van der Waals surface area (Å²) in [4.78, 5) is 4.33. The predicted octanol–water partition coefficient (Wildman–Crippen LogP) is 4.50.